The van der Waals surface area contributed by atoms with Crippen LogP contribution in [-0.4, -0.2) is 54.2 Å². The van der Waals surface area contributed by atoms with Crippen molar-refractivity contribution >= 4 is 11.9 Å². The van der Waals surface area contributed by atoms with Gasteiger partial charge in [-0.1, -0.05) is 0 Å². The minimum Gasteiger partial charge on any atom is -0.477 e. The summed E-state index contributed by atoms with van der Waals surface area (Å²) < 4.78 is 4.90. The van der Waals surface area contributed by atoms with Crippen molar-refractivity contribution in [1.82, 2.24) is 9.88 Å². The van der Waals surface area contributed by atoms with Crippen LogP contribution in [0.15, 0.2) is 18.3 Å². The molecule has 1 amide bonds. The van der Waals surface area contributed by atoms with Crippen LogP contribution in [0.25, 0.3) is 0 Å². The average Bonchev–Trinajstić information content (AvgIpc) is 2.38. The Bertz CT molecular complexity index is 417. The SMILES string of the molecule is COCCCN(C)C(=O)c1ccc(C(=O)O)nc1. The van der Waals surface area contributed by atoms with Crippen molar-refractivity contribution in [2.45, 2.75) is 6.42 Å². The lowest BCUT2D eigenvalue weighted by molar-refractivity contribution is 0.0688. The summed E-state index contributed by atoms with van der Waals surface area (Å²) in [5.41, 5.74) is 0.300. The zero-order valence-corrected chi connectivity index (χ0v) is 10.4. The van der Waals surface area contributed by atoms with Crippen LogP contribution in [0.5, 0.6) is 0 Å². The number of ether oxygens (including phenoxy) is 1. The largest absolute Gasteiger partial charge is 0.477 e. The molecule has 1 heterocycles. The number of carbonyl (C=O) groups excluding carboxylic acids is 1. The standard InChI is InChI=1S/C12H16N2O4/c1-14(6-3-7-18-2)11(15)9-4-5-10(12(16)17)13-8-9/h4-5,8H,3,6-7H2,1-2H3,(H,16,17). The summed E-state index contributed by atoms with van der Waals surface area (Å²) >= 11 is 0. The van der Waals surface area contributed by atoms with Gasteiger partial charge in [0.15, 0.2) is 0 Å². The Morgan fingerprint density at radius 3 is 2.67 bits per heavy atom. The van der Waals surface area contributed by atoms with Crippen molar-refractivity contribution in [3.05, 3.63) is 29.6 Å². The molecule has 0 aliphatic rings. The van der Waals surface area contributed by atoms with Crippen molar-refractivity contribution in [3.63, 3.8) is 0 Å². The van der Waals surface area contributed by atoms with Crippen LogP contribution >= 0.6 is 0 Å². The van der Waals surface area contributed by atoms with Gasteiger partial charge in [0.25, 0.3) is 5.91 Å². The predicted octanol–water partition coefficient (Wildman–Crippen LogP) is 0.888. The highest BCUT2D eigenvalue weighted by molar-refractivity contribution is 5.94. The number of hydrogen-bond acceptors (Lipinski definition) is 4. The number of nitrogens with zero attached hydrogens (tertiary/aromatic N) is 2. The van der Waals surface area contributed by atoms with Crippen molar-refractivity contribution in [3.8, 4) is 0 Å². The van der Waals surface area contributed by atoms with Gasteiger partial charge in [-0.2, -0.15) is 0 Å². The molecule has 0 aromatic carbocycles. The third-order valence-electron chi connectivity index (χ3n) is 2.42. The third-order valence-corrected chi connectivity index (χ3v) is 2.42. The van der Waals surface area contributed by atoms with E-state index in [0.29, 0.717) is 18.7 Å². The molecule has 1 aromatic rings. The number of aromatic nitrogens is 1. The maximum atomic E-state index is 11.9. The van der Waals surface area contributed by atoms with Crippen LogP contribution in [0, 0.1) is 0 Å². The monoisotopic (exact) mass is 252 g/mol. The number of pyridine rings is 1. The van der Waals surface area contributed by atoms with E-state index in [0.717, 1.165) is 6.42 Å². The van der Waals surface area contributed by atoms with Crippen LogP contribution < -0.4 is 0 Å². The zero-order valence-electron chi connectivity index (χ0n) is 10.4. The Labute approximate surface area is 105 Å². The van der Waals surface area contributed by atoms with E-state index in [-0.39, 0.29) is 11.6 Å². The van der Waals surface area contributed by atoms with Gasteiger partial charge in [-0.3, -0.25) is 4.79 Å². The molecule has 0 radical (unpaired) electrons. The lowest BCUT2D eigenvalue weighted by Crippen LogP contribution is -2.28. The predicted molar refractivity (Wildman–Crippen MR) is 64.6 cm³/mol. The van der Waals surface area contributed by atoms with E-state index in [1.54, 1.807) is 19.1 Å². The van der Waals surface area contributed by atoms with Crippen LogP contribution in [0.4, 0.5) is 0 Å². The maximum Gasteiger partial charge on any atom is 0.354 e. The number of amides is 1. The topological polar surface area (TPSA) is 79.7 Å². The van der Waals surface area contributed by atoms with Crippen LogP contribution in [0.1, 0.15) is 27.3 Å². The number of carbonyl (C=O) groups is 2. The minimum atomic E-state index is -1.11. The second kappa shape index (κ2) is 6.70. The molecule has 0 saturated heterocycles. The summed E-state index contributed by atoms with van der Waals surface area (Å²) in [6, 6.07) is 2.78. The van der Waals surface area contributed by atoms with Crippen LogP contribution in [0.3, 0.4) is 0 Å². The quantitative estimate of drug-likeness (QED) is 0.760. The Morgan fingerprint density at radius 2 is 2.17 bits per heavy atom. The summed E-state index contributed by atoms with van der Waals surface area (Å²) in [6.45, 7) is 1.17. The van der Waals surface area contributed by atoms with Gasteiger partial charge in [0.1, 0.15) is 5.69 Å². The molecule has 6 nitrogen and oxygen atoms in total. The van der Waals surface area contributed by atoms with E-state index in [1.807, 2.05) is 0 Å². The zero-order chi connectivity index (χ0) is 13.5. The molecular formula is C12H16N2O4. The van der Waals surface area contributed by atoms with Crippen molar-refractivity contribution < 1.29 is 19.4 Å². The first-order valence-corrected chi connectivity index (χ1v) is 5.50. The summed E-state index contributed by atoms with van der Waals surface area (Å²) in [5, 5.41) is 8.70. The van der Waals surface area contributed by atoms with Crippen molar-refractivity contribution in [2.24, 2.45) is 0 Å². The van der Waals surface area contributed by atoms with Gasteiger partial charge in [-0.25, -0.2) is 9.78 Å². The second-order valence-electron chi connectivity index (χ2n) is 3.81. The van der Waals surface area contributed by atoms with E-state index in [2.05, 4.69) is 4.98 Å². The molecule has 0 bridgehead atoms. The smallest absolute Gasteiger partial charge is 0.354 e. The van der Waals surface area contributed by atoms with Gasteiger partial charge in [-0.05, 0) is 18.6 Å². The van der Waals surface area contributed by atoms with Gasteiger partial charge < -0.3 is 14.7 Å². The lowest BCUT2D eigenvalue weighted by atomic mass is 10.2. The van der Waals surface area contributed by atoms with E-state index in [9.17, 15) is 9.59 Å². The summed E-state index contributed by atoms with van der Waals surface area (Å²) in [7, 11) is 3.29. The Hall–Kier alpha value is -1.95. The Balaban J connectivity index is 2.63. The number of carboxylic acid groups (broad SMARTS) is 1. The maximum absolute atomic E-state index is 11.9. The summed E-state index contributed by atoms with van der Waals surface area (Å²) in [4.78, 5) is 27.8. The summed E-state index contributed by atoms with van der Waals surface area (Å²) in [6.07, 6.45) is 2.03. The molecule has 0 aliphatic carbocycles. The molecule has 1 N–H and O–H groups in total. The number of rotatable bonds is 6. The first-order valence-electron chi connectivity index (χ1n) is 5.50. The summed E-state index contributed by atoms with van der Waals surface area (Å²) in [5.74, 6) is -1.29. The molecule has 0 unspecified atom stereocenters. The highest BCUT2D eigenvalue weighted by Gasteiger charge is 2.12. The molecule has 0 aliphatic heterocycles. The van der Waals surface area contributed by atoms with Gasteiger partial charge in [0, 0.05) is 33.5 Å². The fourth-order valence-corrected chi connectivity index (χ4v) is 1.41. The average molecular weight is 252 g/mol. The molecular weight excluding hydrogens is 236 g/mol. The Kier molecular flexibility index (Phi) is 5.26. The van der Waals surface area contributed by atoms with Crippen LogP contribution in [0.2, 0.25) is 0 Å². The van der Waals surface area contributed by atoms with Gasteiger partial charge in [0.2, 0.25) is 0 Å². The van der Waals surface area contributed by atoms with Crippen LogP contribution in [-0.2, 0) is 4.74 Å². The molecule has 0 atom stereocenters. The van der Waals surface area contributed by atoms with E-state index >= 15 is 0 Å². The van der Waals surface area contributed by atoms with Crippen molar-refractivity contribution in [2.75, 3.05) is 27.3 Å². The van der Waals surface area contributed by atoms with E-state index < -0.39 is 5.97 Å². The molecule has 1 rings (SSSR count). The van der Waals surface area contributed by atoms with E-state index in [4.69, 9.17) is 9.84 Å². The number of aromatic carboxylic acids is 1. The van der Waals surface area contributed by atoms with E-state index in [1.165, 1.54) is 18.3 Å². The van der Waals surface area contributed by atoms with Gasteiger partial charge in [0.05, 0.1) is 5.56 Å². The molecule has 0 fully saturated rings. The first-order chi connectivity index (χ1) is 8.56. The molecule has 1 aromatic heterocycles. The minimum absolute atomic E-state index is 0.0754. The molecule has 6 heteroatoms. The number of methoxy groups -OCH3 is 1. The Morgan fingerprint density at radius 1 is 1.44 bits per heavy atom. The fraction of sp³-hybridized carbons (Fsp3) is 0.417. The number of hydrogen-bond donors (Lipinski definition) is 1. The first kappa shape index (κ1) is 14.1. The third kappa shape index (κ3) is 3.81. The molecule has 18 heavy (non-hydrogen) atoms. The fourth-order valence-electron chi connectivity index (χ4n) is 1.41. The van der Waals surface area contributed by atoms with Crippen molar-refractivity contribution in [1.29, 1.82) is 0 Å². The highest BCUT2D eigenvalue weighted by Crippen LogP contribution is 2.04. The molecule has 0 saturated carbocycles. The molecule has 0 spiro atoms. The van der Waals surface area contributed by atoms with Gasteiger partial charge in [-0.15, -0.1) is 0 Å². The lowest BCUT2D eigenvalue weighted by Gasteiger charge is -2.16. The second-order valence-corrected chi connectivity index (χ2v) is 3.81. The normalized spacial score (nSPS) is 10.1. The van der Waals surface area contributed by atoms with Gasteiger partial charge >= 0.3 is 5.97 Å². The highest BCUT2D eigenvalue weighted by atomic mass is 16.5. The number of carboxylic acids is 1. The molecule has 98 valence electrons.